The molecule has 1 N–H and O–H groups in total. The highest BCUT2D eigenvalue weighted by Crippen LogP contribution is 2.24. The number of rotatable bonds is 3. The normalized spacial score (nSPS) is 14.4. The van der Waals surface area contributed by atoms with Gasteiger partial charge in [-0.25, -0.2) is 0 Å². The van der Waals surface area contributed by atoms with E-state index in [1.54, 1.807) is 11.7 Å². The number of aryl methyl sites for hydroxylation is 2. The third-order valence-electron chi connectivity index (χ3n) is 2.67. The van der Waals surface area contributed by atoms with Gasteiger partial charge in [0.05, 0.1) is 12.2 Å². The van der Waals surface area contributed by atoms with Crippen LogP contribution in [0.15, 0.2) is 0 Å². The summed E-state index contributed by atoms with van der Waals surface area (Å²) in [6.45, 7) is 0.395. The SMILES string of the molecule is CNCC(=O)c1c2c(nn1C)CCC2. The Morgan fingerprint density at radius 3 is 3.07 bits per heavy atom. The fourth-order valence-corrected chi connectivity index (χ4v) is 2.11. The number of fused-ring (bicyclic) bond motifs is 1. The fraction of sp³-hybridized carbons (Fsp3) is 0.600. The van der Waals surface area contributed by atoms with Crippen molar-refractivity contribution in [1.29, 1.82) is 0 Å². The molecule has 0 aliphatic heterocycles. The molecule has 76 valence electrons. The van der Waals surface area contributed by atoms with Gasteiger partial charge in [0.25, 0.3) is 0 Å². The molecule has 4 heteroatoms. The molecule has 0 radical (unpaired) electrons. The molecule has 1 aliphatic rings. The van der Waals surface area contributed by atoms with E-state index in [0.717, 1.165) is 30.7 Å². The third-order valence-corrected chi connectivity index (χ3v) is 2.67. The van der Waals surface area contributed by atoms with Gasteiger partial charge >= 0.3 is 0 Å². The molecular formula is C10H15N3O. The maximum Gasteiger partial charge on any atom is 0.194 e. The molecule has 2 rings (SSSR count). The van der Waals surface area contributed by atoms with Crippen molar-refractivity contribution in [3.05, 3.63) is 17.0 Å². The molecule has 1 aliphatic carbocycles. The van der Waals surface area contributed by atoms with Crippen molar-refractivity contribution in [1.82, 2.24) is 15.1 Å². The second-order valence-corrected chi connectivity index (χ2v) is 3.70. The molecule has 1 heterocycles. The summed E-state index contributed by atoms with van der Waals surface area (Å²) < 4.78 is 1.73. The lowest BCUT2D eigenvalue weighted by atomic mass is 10.1. The largest absolute Gasteiger partial charge is 0.313 e. The lowest BCUT2D eigenvalue weighted by Gasteiger charge is -2.02. The third kappa shape index (κ3) is 1.35. The van der Waals surface area contributed by atoms with Gasteiger partial charge in [-0.1, -0.05) is 0 Å². The van der Waals surface area contributed by atoms with Crippen molar-refractivity contribution in [2.24, 2.45) is 7.05 Å². The predicted molar refractivity (Wildman–Crippen MR) is 53.5 cm³/mol. The summed E-state index contributed by atoms with van der Waals surface area (Å²) in [5, 5.41) is 7.25. The summed E-state index contributed by atoms with van der Waals surface area (Å²) in [4.78, 5) is 11.8. The van der Waals surface area contributed by atoms with Crippen LogP contribution < -0.4 is 5.32 Å². The first kappa shape index (κ1) is 9.40. The highest BCUT2D eigenvalue weighted by atomic mass is 16.1. The molecule has 0 aromatic carbocycles. The van der Waals surface area contributed by atoms with Crippen LogP contribution in [0.4, 0.5) is 0 Å². The average molecular weight is 193 g/mol. The predicted octanol–water partition coefficient (Wildman–Crippen LogP) is 0.311. The number of hydrogen-bond acceptors (Lipinski definition) is 3. The molecule has 0 unspecified atom stereocenters. The van der Waals surface area contributed by atoms with E-state index in [1.807, 2.05) is 7.05 Å². The van der Waals surface area contributed by atoms with Gasteiger partial charge < -0.3 is 5.32 Å². The molecule has 0 saturated carbocycles. The van der Waals surface area contributed by atoms with Gasteiger partial charge in [0, 0.05) is 12.6 Å². The van der Waals surface area contributed by atoms with Gasteiger partial charge in [0.1, 0.15) is 5.69 Å². The topological polar surface area (TPSA) is 46.9 Å². The van der Waals surface area contributed by atoms with E-state index in [4.69, 9.17) is 0 Å². The first-order chi connectivity index (χ1) is 6.74. The van der Waals surface area contributed by atoms with Crippen LogP contribution in [-0.4, -0.2) is 29.2 Å². The lowest BCUT2D eigenvalue weighted by molar-refractivity contribution is 0.0983. The Labute approximate surface area is 83.3 Å². The quantitative estimate of drug-likeness (QED) is 0.703. The van der Waals surface area contributed by atoms with E-state index in [1.165, 1.54) is 5.56 Å². The van der Waals surface area contributed by atoms with Gasteiger partial charge in [-0.3, -0.25) is 9.48 Å². The number of likely N-dealkylation sites (N-methyl/N-ethyl adjacent to an activating group) is 1. The van der Waals surface area contributed by atoms with Gasteiger partial charge in [0.2, 0.25) is 0 Å². The molecule has 1 aromatic heterocycles. The smallest absolute Gasteiger partial charge is 0.194 e. The molecule has 14 heavy (non-hydrogen) atoms. The first-order valence-electron chi connectivity index (χ1n) is 4.96. The van der Waals surface area contributed by atoms with E-state index < -0.39 is 0 Å². The van der Waals surface area contributed by atoms with Gasteiger partial charge in [-0.05, 0) is 26.3 Å². The van der Waals surface area contributed by atoms with E-state index in [9.17, 15) is 4.79 Å². The molecule has 4 nitrogen and oxygen atoms in total. The van der Waals surface area contributed by atoms with Crippen molar-refractivity contribution in [2.75, 3.05) is 13.6 Å². The molecule has 0 bridgehead atoms. The highest BCUT2D eigenvalue weighted by molar-refractivity contribution is 5.97. The second-order valence-electron chi connectivity index (χ2n) is 3.70. The number of hydrogen-bond donors (Lipinski definition) is 1. The summed E-state index contributed by atoms with van der Waals surface area (Å²) in [7, 11) is 3.63. The molecule has 0 fully saturated rings. The van der Waals surface area contributed by atoms with E-state index in [-0.39, 0.29) is 5.78 Å². The number of ketones is 1. The number of aromatic nitrogens is 2. The Morgan fingerprint density at radius 1 is 1.57 bits per heavy atom. The van der Waals surface area contributed by atoms with Gasteiger partial charge in [-0.15, -0.1) is 0 Å². The summed E-state index contributed by atoms with van der Waals surface area (Å²) >= 11 is 0. The van der Waals surface area contributed by atoms with E-state index in [2.05, 4.69) is 10.4 Å². The summed E-state index contributed by atoms with van der Waals surface area (Å²) in [6.07, 6.45) is 3.17. The maximum atomic E-state index is 11.8. The molecule has 0 saturated heterocycles. The van der Waals surface area contributed by atoms with Crippen molar-refractivity contribution >= 4 is 5.78 Å². The zero-order valence-corrected chi connectivity index (χ0v) is 8.63. The molecule has 0 spiro atoms. The Kier molecular flexibility index (Phi) is 2.37. The van der Waals surface area contributed by atoms with Crippen LogP contribution in [0, 0.1) is 0 Å². The molecular weight excluding hydrogens is 178 g/mol. The number of carbonyl (C=O) groups excluding carboxylic acids is 1. The van der Waals surface area contributed by atoms with Crippen molar-refractivity contribution in [3.63, 3.8) is 0 Å². The van der Waals surface area contributed by atoms with Crippen molar-refractivity contribution in [3.8, 4) is 0 Å². The first-order valence-corrected chi connectivity index (χ1v) is 4.96. The summed E-state index contributed by atoms with van der Waals surface area (Å²) in [5.74, 6) is 0.144. The number of Topliss-reactive ketones (excluding diaryl/α,β-unsaturated/α-hetero) is 1. The zero-order valence-electron chi connectivity index (χ0n) is 8.63. The van der Waals surface area contributed by atoms with E-state index in [0.29, 0.717) is 6.54 Å². The van der Waals surface area contributed by atoms with Crippen LogP contribution in [0.2, 0.25) is 0 Å². The fourth-order valence-electron chi connectivity index (χ4n) is 2.11. The minimum atomic E-state index is 0.144. The van der Waals surface area contributed by atoms with Gasteiger partial charge in [0.15, 0.2) is 5.78 Å². The van der Waals surface area contributed by atoms with Crippen LogP contribution in [0.1, 0.15) is 28.2 Å². The molecule has 0 amide bonds. The van der Waals surface area contributed by atoms with Crippen LogP contribution in [0.25, 0.3) is 0 Å². The minimum Gasteiger partial charge on any atom is -0.313 e. The second kappa shape index (κ2) is 3.53. The zero-order chi connectivity index (χ0) is 10.1. The summed E-state index contributed by atoms with van der Waals surface area (Å²) in [5.41, 5.74) is 3.09. The number of nitrogens with one attached hydrogen (secondary N) is 1. The van der Waals surface area contributed by atoms with Crippen LogP contribution in [-0.2, 0) is 19.9 Å². The number of nitrogens with zero attached hydrogens (tertiary/aromatic N) is 2. The van der Waals surface area contributed by atoms with Crippen LogP contribution in [0.3, 0.4) is 0 Å². The van der Waals surface area contributed by atoms with Crippen LogP contribution >= 0.6 is 0 Å². The molecule has 0 atom stereocenters. The Morgan fingerprint density at radius 2 is 2.36 bits per heavy atom. The molecule has 1 aromatic rings. The average Bonchev–Trinajstić information content (AvgIpc) is 2.63. The lowest BCUT2D eigenvalue weighted by Crippen LogP contribution is -2.22. The standard InChI is InChI=1S/C10H15N3O/c1-11-6-9(14)10-7-4-3-5-8(7)12-13(10)2/h11H,3-6H2,1-2H3. The summed E-state index contributed by atoms with van der Waals surface area (Å²) in [6, 6.07) is 0. The Bertz CT molecular complexity index is 368. The minimum absolute atomic E-state index is 0.144. The number of carbonyl (C=O) groups is 1. The Hall–Kier alpha value is -1.16. The monoisotopic (exact) mass is 193 g/mol. The maximum absolute atomic E-state index is 11.8. The van der Waals surface area contributed by atoms with Crippen molar-refractivity contribution in [2.45, 2.75) is 19.3 Å². The van der Waals surface area contributed by atoms with Gasteiger partial charge in [-0.2, -0.15) is 5.10 Å². The van der Waals surface area contributed by atoms with Crippen LogP contribution in [0.5, 0.6) is 0 Å². The van der Waals surface area contributed by atoms with E-state index >= 15 is 0 Å². The van der Waals surface area contributed by atoms with Crippen molar-refractivity contribution < 1.29 is 4.79 Å². The Balaban J connectivity index is 2.37. The highest BCUT2D eigenvalue weighted by Gasteiger charge is 2.24.